The molecule has 1 heterocycles. The predicted molar refractivity (Wildman–Crippen MR) is 219 cm³/mol. The van der Waals surface area contributed by atoms with Crippen LogP contribution < -0.4 is 0 Å². The zero-order valence-corrected chi connectivity index (χ0v) is 35.3. The van der Waals surface area contributed by atoms with Crippen molar-refractivity contribution in [2.45, 2.75) is 205 Å². The molecule has 0 spiro atoms. The van der Waals surface area contributed by atoms with Crippen LogP contribution in [0.5, 0.6) is 0 Å². The van der Waals surface area contributed by atoms with Gasteiger partial charge >= 0.3 is 11.9 Å². The second kappa shape index (κ2) is 33.8. The van der Waals surface area contributed by atoms with Crippen molar-refractivity contribution >= 4 is 22.1 Å². The fraction of sp³-hybridized carbons (Fsp3) is 0.814. The Morgan fingerprint density at radius 3 is 1.62 bits per heavy atom. The Bertz CT molecular complexity index is 1190. The van der Waals surface area contributed by atoms with Gasteiger partial charge in [0.15, 0.2) is 12.4 Å². The van der Waals surface area contributed by atoms with E-state index < -0.39 is 71.2 Å². The number of ether oxygens (including phenoxy) is 4. The highest BCUT2D eigenvalue weighted by Crippen LogP contribution is 2.24. The first-order valence-corrected chi connectivity index (χ1v) is 23.2. The van der Waals surface area contributed by atoms with Gasteiger partial charge in [-0.2, -0.15) is 8.42 Å². The molecule has 0 aromatic heterocycles. The lowest BCUT2D eigenvalue weighted by Crippen LogP contribution is -2.60. The molecule has 6 atom stereocenters. The lowest BCUT2D eigenvalue weighted by atomic mass is 10.00. The highest BCUT2D eigenvalue weighted by atomic mass is 32.2. The van der Waals surface area contributed by atoms with Crippen molar-refractivity contribution < 1.29 is 56.8 Å². The largest absolute Gasteiger partial charge is 0.462 e. The lowest BCUT2D eigenvalue weighted by molar-refractivity contribution is -0.297. The van der Waals surface area contributed by atoms with Gasteiger partial charge in [0, 0.05) is 12.8 Å². The molecule has 0 saturated carbocycles. The minimum atomic E-state index is -4.60. The fourth-order valence-electron chi connectivity index (χ4n) is 6.29. The normalized spacial score (nSPS) is 21.0. The van der Waals surface area contributed by atoms with Crippen molar-refractivity contribution in [2.75, 3.05) is 19.0 Å². The first kappa shape index (κ1) is 51.9. The first-order valence-electron chi connectivity index (χ1n) is 21.5. The molecule has 13 heteroatoms. The molecular weight excluding hydrogens is 741 g/mol. The van der Waals surface area contributed by atoms with Crippen molar-refractivity contribution in [1.29, 1.82) is 0 Å². The molecule has 0 aromatic carbocycles. The summed E-state index contributed by atoms with van der Waals surface area (Å²) in [5.41, 5.74) is 0. The van der Waals surface area contributed by atoms with Crippen molar-refractivity contribution in [3.8, 4) is 0 Å². The number of carbonyl (C=O) groups excluding carboxylic acids is 2. The smallest absolute Gasteiger partial charge is 0.306 e. The number of unbranched alkanes of at least 4 members (excludes halogenated alkanes) is 17. The zero-order valence-electron chi connectivity index (χ0n) is 34.5. The van der Waals surface area contributed by atoms with E-state index in [1.807, 2.05) is 0 Å². The number of aliphatic hydroxyl groups excluding tert-OH is 3. The molecule has 0 aromatic rings. The number of hydrogen-bond donors (Lipinski definition) is 4. The van der Waals surface area contributed by atoms with E-state index in [2.05, 4.69) is 50.3 Å². The second-order valence-electron chi connectivity index (χ2n) is 15.0. The van der Waals surface area contributed by atoms with Crippen LogP contribution in [0.15, 0.2) is 36.5 Å². The van der Waals surface area contributed by atoms with E-state index in [0.29, 0.717) is 12.8 Å². The van der Waals surface area contributed by atoms with E-state index in [0.717, 1.165) is 83.5 Å². The van der Waals surface area contributed by atoms with Crippen molar-refractivity contribution in [3.63, 3.8) is 0 Å². The predicted octanol–water partition coefficient (Wildman–Crippen LogP) is 8.22. The zero-order chi connectivity index (χ0) is 41.3. The quantitative estimate of drug-likeness (QED) is 0.0208. The van der Waals surface area contributed by atoms with E-state index in [4.69, 9.17) is 18.9 Å². The van der Waals surface area contributed by atoms with Crippen LogP contribution in [-0.2, 0) is 38.7 Å². The number of allylic oxidation sites excluding steroid dienone is 6. The molecule has 1 fully saturated rings. The Labute approximate surface area is 338 Å². The van der Waals surface area contributed by atoms with Gasteiger partial charge in [-0.15, -0.1) is 0 Å². The summed E-state index contributed by atoms with van der Waals surface area (Å²) in [5.74, 6) is -2.01. The van der Waals surface area contributed by atoms with Crippen LogP contribution in [0.25, 0.3) is 0 Å². The average molecular weight is 817 g/mol. The van der Waals surface area contributed by atoms with E-state index in [-0.39, 0.29) is 19.4 Å². The second-order valence-corrected chi connectivity index (χ2v) is 16.5. The summed E-state index contributed by atoms with van der Waals surface area (Å²) < 4.78 is 53.9. The molecule has 1 aliphatic rings. The van der Waals surface area contributed by atoms with E-state index in [9.17, 15) is 37.9 Å². The van der Waals surface area contributed by atoms with Crippen LogP contribution in [0.2, 0.25) is 0 Å². The third-order valence-electron chi connectivity index (χ3n) is 9.69. The highest BCUT2D eigenvalue weighted by Gasteiger charge is 2.46. The maximum atomic E-state index is 12.8. The Hall–Kier alpha value is -2.13. The van der Waals surface area contributed by atoms with E-state index in [1.54, 1.807) is 0 Å². The standard InChI is InChI=1S/C43H76O12S/c1-3-5-7-9-11-13-15-17-18-19-20-22-24-26-28-30-32-39(45)54-36(34-53-43-42(48)41(47)40(46)37(55-43)35-56(49,50)51)33-52-38(44)31-29-27-25-23-21-16-14-12-10-8-6-4-2/h12-15,18-19,36-37,40-43,46-48H,3-11,16-17,20-35H2,1-2H3,(H,49,50,51)/b14-12-,15-13-,19-18-. The summed E-state index contributed by atoms with van der Waals surface area (Å²) >= 11 is 0. The van der Waals surface area contributed by atoms with E-state index >= 15 is 0 Å². The molecule has 1 rings (SSSR count). The van der Waals surface area contributed by atoms with Gasteiger partial charge in [0.25, 0.3) is 10.1 Å². The molecule has 0 aliphatic carbocycles. The van der Waals surface area contributed by atoms with Crippen LogP contribution in [0, 0.1) is 0 Å². The Morgan fingerprint density at radius 2 is 1.07 bits per heavy atom. The topological polar surface area (TPSA) is 186 Å². The molecule has 0 amide bonds. The summed E-state index contributed by atoms with van der Waals surface area (Å²) in [6.45, 7) is 3.68. The van der Waals surface area contributed by atoms with Crippen LogP contribution in [0.1, 0.15) is 168 Å². The van der Waals surface area contributed by atoms with Gasteiger partial charge in [0.05, 0.1) is 6.61 Å². The van der Waals surface area contributed by atoms with Crippen LogP contribution >= 0.6 is 0 Å². The molecule has 326 valence electrons. The Balaban J connectivity index is 2.49. The first-order chi connectivity index (χ1) is 27.0. The highest BCUT2D eigenvalue weighted by molar-refractivity contribution is 7.85. The average Bonchev–Trinajstić information content (AvgIpc) is 3.16. The monoisotopic (exact) mass is 817 g/mol. The van der Waals surface area contributed by atoms with E-state index in [1.165, 1.54) is 44.9 Å². The molecule has 6 unspecified atom stereocenters. The van der Waals surface area contributed by atoms with Crippen molar-refractivity contribution in [2.24, 2.45) is 0 Å². The summed E-state index contributed by atoms with van der Waals surface area (Å²) in [6, 6.07) is 0. The lowest BCUT2D eigenvalue weighted by Gasteiger charge is -2.40. The summed E-state index contributed by atoms with van der Waals surface area (Å²) in [7, 11) is -4.60. The summed E-state index contributed by atoms with van der Waals surface area (Å²) in [5, 5.41) is 30.8. The number of hydrogen-bond acceptors (Lipinski definition) is 11. The summed E-state index contributed by atoms with van der Waals surface area (Å²) in [4.78, 5) is 25.3. The van der Waals surface area contributed by atoms with Crippen molar-refractivity contribution in [1.82, 2.24) is 0 Å². The van der Waals surface area contributed by atoms with Crippen LogP contribution in [0.3, 0.4) is 0 Å². The molecule has 56 heavy (non-hydrogen) atoms. The minimum Gasteiger partial charge on any atom is -0.462 e. The van der Waals surface area contributed by atoms with Crippen LogP contribution in [0.4, 0.5) is 0 Å². The Morgan fingerprint density at radius 1 is 0.607 bits per heavy atom. The van der Waals surface area contributed by atoms with Gasteiger partial charge in [0.1, 0.15) is 36.8 Å². The summed E-state index contributed by atoms with van der Waals surface area (Å²) in [6.07, 6.45) is 27.6. The number of esters is 2. The van der Waals surface area contributed by atoms with Gasteiger partial charge in [-0.25, -0.2) is 0 Å². The maximum absolute atomic E-state index is 12.8. The van der Waals surface area contributed by atoms with Crippen molar-refractivity contribution in [3.05, 3.63) is 36.5 Å². The third kappa shape index (κ3) is 28.3. The molecule has 12 nitrogen and oxygen atoms in total. The molecule has 1 saturated heterocycles. The van der Waals surface area contributed by atoms with Gasteiger partial charge in [-0.3, -0.25) is 14.1 Å². The van der Waals surface area contributed by atoms with Gasteiger partial charge in [-0.05, 0) is 70.6 Å². The Kier molecular flexibility index (Phi) is 31.3. The third-order valence-corrected chi connectivity index (χ3v) is 10.4. The molecule has 1 aliphatic heterocycles. The molecule has 0 bridgehead atoms. The fourth-order valence-corrected chi connectivity index (χ4v) is 6.98. The SMILES string of the molecule is CCCCC/C=C\CCCCCCCC(=O)OCC(COC1OC(CS(=O)(=O)O)C(O)C(O)C1O)OC(=O)CCCCCCC/C=C\C/C=C\CCCCCC. The molecular formula is C43H76O12S. The maximum Gasteiger partial charge on any atom is 0.306 e. The van der Waals surface area contributed by atoms with Gasteiger partial charge < -0.3 is 34.3 Å². The van der Waals surface area contributed by atoms with Gasteiger partial charge in [0.2, 0.25) is 0 Å². The number of aliphatic hydroxyl groups is 3. The van der Waals surface area contributed by atoms with Crippen LogP contribution in [-0.4, -0.2) is 96.0 Å². The molecule has 0 radical (unpaired) electrons. The minimum absolute atomic E-state index is 0.146. The number of rotatable bonds is 35. The number of carbonyl (C=O) groups is 2. The molecule has 4 N–H and O–H groups in total. The van der Waals surface area contributed by atoms with Gasteiger partial charge in [-0.1, -0.05) is 121 Å².